The average Bonchev–Trinajstić information content (AvgIpc) is 2.93. The monoisotopic (exact) mass is 328 g/mol. The maximum Gasteiger partial charge on any atom is 0.260 e. The van der Waals surface area contributed by atoms with Crippen molar-refractivity contribution in [1.82, 2.24) is 14.1 Å². The molecule has 2 aromatic rings. The van der Waals surface area contributed by atoms with Gasteiger partial charge in [-0.2, -0.15) is 0 Å². The number of anilines is 1. The molecule has 2 N–H and O–H groups in total. The molecule has 2 aromatic heterocycles. The van der Waals surface area contributed by atoms with E-state index in [-0.39, 0.29) is 11.1 Å². The van der Waals surface area contributed by atoms with Crippen LogP contribution in [0.3, 0.4) is 0 Å². The minimum atomic E-state index is -3.56. The third-order valence-corrected chi connectivity index (χ3v) is 6.01. The Kier molecular flexibility index (Phi) is 3.94. The van der Waals surface area contributed by atoms with Gasteiger partial charge in [0, 0.05) is 24.2 Å². The number of thiazole rings is 1. The van der Waals surface area contributed by atoms with E-state index >= 15 is 0 Å². The third kappa shape index (κ3) is 2.79. The molecule has 1 aliphatic rings. The molecule has 6 nitrogen and oxygen atoms in total. The van der Waals surface area contributed by atoms with E-state index in [0.29, 0.717) is 23.2 Å². The lowest BCUT2D eigenvalue weighted by molar-refractivity contribution is 0.270. The van der Waals surface area contributed by atoms with Crippen LogP contribution in [0, 0.1) is 5.92 Å². The summed E-state index contributed by atoms with van der Waals surface area (Å²) in [5.41, 5.74) is 0. The van der Waals surface area contributed by atoms with Crippen molar-refractivity contribution in [3.63, 3.8) is 0 Å². The van der Waals surface area contributed by atoms with Crippen LogP contribution in [-0.2, 0) is 10.0 Å². The van der Waals surface area contributed by atoms with E-state index in [0.717, 1.165) is 19.3 Å². The molecule has 2 heterocycles. The highest BCUT2D eigenvalue weighted by Gasteiger charge is 2.33. The Morgan fingerprint density at radius 3 is 2.90 bits per heavy atom. The van der Waals surface area contributed by atoms with Gasteiger partial charge in [-0.05, 0) is 25.2 Å². The van der Waals surface area contributed by atoms with Gasteiger partial charge in [0.15, 0.2) is 15.8 Å². The van der Waals surface area contributed by atoms with E-state index in [1.165, 1.54) is 11.3 Å². The normalized spacial score (nSPS) is 22.4. The summed E-state index contributed by atoms with van der Waals surface area (Å²) in [5.74, 6) is 1.05. The van der Waals surface area contributed by atoms with Crippen molar-refractivity contribution in [2.45, 2.75) is 44.2 Å². The molecule has 0 bridgehead atoms. The Morgan fingerprint density at radius 2 is 2.24 bits per heavy atom. The minimum Gasteiger partial charge on any atom is -0.368 e. The largest absolute Gasteiger partial charge is 0.368 e. The smallest absolute Gasteiger partial charge is 0.260 e. The summed E-state index contributed by atoms with van der Waals surface area (Å²) in [6.07, 6.45) is 4.48. The van der Waals surface area contributed by atoms with E-state index in [2.05, 4.69) is 21.9 Å². The predicted molar refractivity (Wildman–Crippen MR) is 84.4 cm³/mol. The number of fused-ring (bicyclic) bond motifs is 1. The number of nitrogens with zero attached hydrogens (tertiary/aromatic N) is 2. The molecule has 8 heteroatoms. The van der Waals surface area contributed by atoms with Crippen molar-refractivity contribution in [3.8, 4) is 0 Å². The predicted octanol–water partition coefficient (Wildman–Crippen LogP) is 2.29. The van der Waals surface area contributed by atoms with Crippen LogP contribution in [0.5, 0.6) is 0 Å². The Bertz CT molecular complexity index is 729. The molecule has 0 unspecified atom stereocenters. The van der Waals surface area contributed by atoms with Crippen LogP contribution >= 0.6 is 11.3 Å². The van der Waals surface area contributed by atoms with E-state index in [1.54, 1.807) is 10.6 Å². The molecule has 0 saturated heterocycles. The number of rotatable bonds is 6. The standard InChI is InChI=1S/C13H20N4O2S2/c1-3-4-14-11-12(17-5-6-20-13(17)15-11)21(18,19)16-10-7-9(2)8-10/h5-6,9-10,14,16H,3-4,7-8H2,1-2H3. The van der Waals surface area contributed by atoms with E-state index in [4.69, 9.17) is 0 Å². The third-order valence-electron chi connectivity index (χ3n) is 3.71. The minimum absolute atomic E-state index is 0.0493. The molecule has 0 spiro atoms. The van der Waals surface area contributed by atoms with Crippen LogP contribution in [0.25, 0.3) is 4.96 Å². The summed E-state index contributed by atoms with van der Waals surface area (Å²) in [4.78, 5) is 5.08. The summed E-state index contributed by atoms with van der Waals surface area (Å²) < 4.78 is 29.8. The van der Waals surface area contributed by atoms with Gasteiger partial charge >= 0.3 is 0 Å². The van der Waals surface area contributed by atoms with Gasteiger partial charge < -0.3 is 5.32 Å². The van der Waals surface area contributed by atoms with Gasteiger partial charge in [0.25, 0.3) is 10.0 Å². The number of hydrogen-bond donors (Lipinski definition) is 2. The summed E-state index contributed by atoms with van der Waals surface area (Å²) in [5, 5.41) is 5.19. The van der Waals surface area contributed by atoms with Crippen LogP contribution < -0.4 is 10.0 Å². The highest BCUT2D eigenvalue weighted by molar-refractivity contribution is 7.89. The van der Waals surface area contributed by atoms with Crippen LogP contribution in [0.1, 0.15) is 33.1 Å². The van der Waals surface area contributed by atoms with Gasteiger partial charge in [0.2, 0.25) is 0 Å². The molecule has 3 rings (SSSR count). The van der Waals surface area contributed by atoms with Crippen molar-refractivity contribution in [1.29, 1.82) is 0 Å². The lowest BCUT2D eigenvalue weighted by Gasteiger charge is -2.32. The molecular weight excluding hydrogens is 308 g/mol. The lowest BCUT2D eigenvalue weighted by atomic mass is 9.83. The van der Waals surface area contributed by atoms with Gasteiger partial charge in [0.1, 0.15) is 0 Å². The Balaban J connectivity index is 1.94. The average molecular weight is 328 g/mol. The molecule has 116 valence electrons. The van der Waals surface area contributed by atoms with Gasteiger partial charge in [-0.3, -0.25) is 4.40 Å². The zero-order valence-corrected chi connectivity index (χ0v) is 13.8. The first-order valence-corrected chi connectivity index (χ1v) is 9.59. The Hall–Kier alpha value is -1.12. The number of nitrogens with one attached hydrogen (secondary N) is 2. The first-order valence-electron chi connectivity index (χ1n) is 7.23. The van der Waals surface area contributed by atoms with Gasteiger partial charge in [-0.1, -0.05) is 13.8 Å². The summed E-state index contributed by atoms with van der Waals surface area (Å²) in [6, 6.07) is 0.0493. The van der Waals surface area contributed by atoms with Crippen molar-refractivity contribution in [3.05, 3.63) is 11.6 Å². The molecule has 0 aromatic carbocycles. The second-order valence-electron chi connectivity index (χ2n) is 5.64. The Labute approximate surface area is 128 Å². The molecule has 0 aliphatic heterocycles. The summed E-state index contributed by atoms with van der Waals surface area (Å²) in [6.45, 7) is 4.87. The number of hydrogen-bond acceptors (Lipinski definition) is 5. The fourth-order valence-corrected chi connectivity index (χ4v) is 4.95. The first kappa shape index (κ1) is 14.8. The SMILES string of the molecule is CCCNc1nc2sccn2c1S(=O)(=O)NC1CC(C)C1. The fourth-order valence-electron chi connectivity index (χ4n) is 2.65. The van der Waals surface area contributed by atoms with Gasteiger partial charge in [-0.15, -0.1) is 11.3 Å². The van der Waals surface area contributed by atoms with Crippen molar-refractivity contribution in [2.24, 2.45) is 5.92 Å². The first-order chi connectivity index (χ1) is 10.0. The van der Waals surface area contributed by atoms with Gasteiger partial charge in [-0.25, -0.2) is 18.1 Å². The van der Waals surface area contributed by atoms with Crippen LogP contribution in [0.2, 0.25) is 0 Å². The Morgan fingerprint density at radius 1 is 1.48 bits per heavy atom. The van der Waals surface area contributed by atoms with Crippen molar-refractivity contribution < 1.29 is 8.42 Å². The van der Waals surface area contributed by atoms with E-state index in [1.807, 2.05) is 12.3 Å². The second kappa shape index (κ2) is 5.58. The zero-order chi connectivity index (χ0) is 15.0. The number of imidazole rings is 1. The van der Waals surface area contributed by atoms with Crippen LogP contribution in [-0.4, -0.2) is 30.4 Å². The molecule has 0 atom stereocenters. The molecule has 0 radical (unpaired) electrons. The van der Waals surface area contributed by atoms with Gasteiger partial charge in [0.05, 0.1) is 0 Å². The molecule has 1 saturated carbocycles. The zero-order valence-electron chi connectivity index (χ0n) is 12.2. The van der Waals surface area contributed by atoms with E-state index in [9.17, 15) is 8.42 Å². The van der Waals surface area contributed by atoms with Crippen LogP contribution in [0.15, 0.2) is 16.6 Å². The topological polar surface area (TPSA) is 75.5 Å². The number of aromatic nitrogens is 2. The maximum absolute atomic E-state index is 12.7. The number of sulfonamides is 1. The van der Waals surface area contributed by atoms with Crippen molar-refractivity contribution in [2.75, 3.05) is 11.9 Å². The van der Waals surface area contributed by atoms with Crippen molar-refractivity contribution >= 4 is 32.1 Å². The highest BCUT2D eigenvalue weighted by Crippen LogP contribution is 2.30. The molecule has 0 amide bonds. The van der Waals surface area contributed by atoms with E-state index < -0.39 is 10.0 Å². The highest BCUT2D eigenvalue weighted by atomic mass is 32.2. The molecule has 1 fully saturated rings. The summed E-state index contributed by atoms with van der Waals surface area (Å²) in [7, 11) is -3.56. The molecule has 21 heavy (non-hydrogen) atoms. The molecule has 1 aliphatic carbocycles. The van der Waals surface area contributed by atoms with Crippen LogP contribution in [0.4, 0.5) is 5.82 Å². The fraction of sp³-hybridized carbons (Fsp3) is 0.615. The quantitative estimate of drug-likeness (QED) is 0.853. The summed E-state index contributed by atoms with van der Waals surface area (Å²) >= 11 is 1.43. The lowest BCUT2D eigenvalue weighted by Crippen LogP contribution is -2.43. The second-order valence-corrected chi connectivity index (χ2v) is 8.14. The molecular formula is C13H20N4O2S2. The maximum atomic E-state index is 12.7.